The predicted octanol–water partition coefficient (Wildman–Crippen LogP) is 2.19. The summed E-state index contributed by atoms with van der Waals surface area (Å²) in [4.78, 5) is 23.6. The molecule has 1 fully saturated rings. The Morgan fingerprint density at radius 1 is 1.40 bits per heavy atom. The minimum Gasteiger partial charge on any atom is -0.481 e. The van der Waals surface area contributed by atoms with Crippen LogP contribution in [0.5, 0.6) is 0 Å². The summed E-state index contributed by atoms with van der Waals surface area (Å²) < 4.78 is 0. The fraction of sp³-hybridized carbons (Fsp3) is 0.500. The Morgan fingerprint density at radius 3 is 2.80 bits per heavy atom. The molecule has 2 aromatic rings. The third-order valence-corrected chi connectivity index (χ3v) is 4.17. The molecule has 106 valence electrons. The van der Waals surface area contributed by atoms with Crippen LogP contribution in [0.4, 0.5) is 5.82 Å². The minimum atomic E-state index is -0.709. The molecule has 0 aromatic carbocycles. The van der Waals surface area contributed by atoms with Gasteiger partial charge in [-0.1, -0.05) is 12.8 Å². The van der Waals surface area contributed by atoms with Crippen molar-refractivity contribution in [3.8, 4) is 0 Å². The molecule has 0 amide bonds. The zero-order chi connectivity index (χ0) is 14.2. The summed E-state index contributed by atoms with van der Waals surface area (Å²) in [6, 6.07) is 3.78. The number of nitrogens with zero attached hydrogens (tertiary/aromatic N) is 2. The van der Waals surface area contributed by atoms with Crippen molar-refractivity contribution in [2.24, 2.45) is 5.41 Å². The van der Waals surface area contributed by atoms with E-state index in [1.54, 1.807) is 7.05 Å². The second kappa shape index (κ2) is 4.77. The van der Waals surface area contributed by atoms with E-state index in [4.69, 9.17) is 0 Å². The molecule has 0 bridgehead atoms. The van der Waals surface area contributed by atoms with Gasteiger partial charge < -0.3 is 15.4 Å². The molecule has 1 aliphatic carbocycles. The van der Waals surface area contributed by atoms with Crippen LogP contribution in [0, 0.1) is 5.41 Å². The van der Waals surface area contributed by atoms with Gasteiger partial charge in [0.1, 0.15) is 11.6 Å². The number of carboxylic acid groups (broad SMARTS) is 1. The molecule has 20 heavy (non-hydrogen) atoms. The summed E-state index contributed by atoms with van der Waals surface area (Å²) in [6.07, 6.45) is 3.88. The molecule has 0 aliphatic heterocycles. The van der Waals surface area contributed by atoms with E-state index < -0.39 is 11.4 Å². The van der Waals surface area contributed by atoms with Gasteiger partial charge in [0.25, 0.3) is 0 Å². The first-order chi connectivity index (χ1) is 9.63. The average Bonchev–Trinajstić information content (AvgIpc) is 3.05. The molecule has 1 saturated carbocycles. The third kappa shape index (κ3) is 2.11. The van der Waals surface area contributed by atoms with Crippen LogP contribution in [0.3, 0.4) is 0 Å². The highest BCUT2D eigenvalue weighted by molar-refractivity contribution is 5.76. The third-order valence-electron chi connectivity index (χ3n) is 4.17. The van der Waals surface area contributed by atoms with E-state index in [2.05, 4.69) is 20.3 Å². The lowest BCUT2D eigenvalue weighted by Crippen LogP contribution is -2.30. The molecule has 1 aliphatic rings. The minimum absolute atomic E-state index is 0.452. The van der Waals surface area contributed by atoms with Crippen molar-refractivity contribution in [2.75, 3.05) is 12.4 Å². The van der Waals surface area contributed by atoms with Gasteiger partial charge in [0.15, 0.2) is 5.65 Å². The standard InChI is InChI=1S/C14H18N4O2/c1-15-10-5-4-9-12(17-10)18-11(16-9)8-14(13(19)20)6-2-3-7-14/h4-5H,2-3,6-8H2,1H3,(H,19,20)(H2,15,16,17,18). The fourth-order valence-corrected chi connectivity index (χ4v) is 3.00. The first kappa shape index (κ1) is 12.9. The lowest BCUT2D eigenvalue weighted by atomic mass is 9.82. The number of imidazole rings is 1. The van der Waals surface area contributed by atoms with Crippen LogP contribution in [0.25, 0.3) is 11.2 Å². The number of carbonyl (C=O) groups is 1. The lowest BCUT2D eigenvalue weighted by Gasteiger charge is -2.22. The van der Waals surface area contributed by atoms with Crippen LogP contribution in [0.2, 0.25) is 0 Å². The number of fused-ring (bicyclic) bond motifs is 1. The lowest BCUT2D eigenvalue weighted by molar-refractivity contribution is -0.148. The van der Waals surface area contributed by atoms with Gasteiger partial charge in [-0.3, -0.25) is 4.79 Å². The summed E-state index contributed by atoms with van der Waals surface area (Å²) in [5.74, 6) is 0.758. The van der Waals surface area contributed by atoms with Gasteiger partial charge in [-0.15, -0.1) is 0 Å². The van der Waals surface area contributed by atoms with E-state index in [1.807, 2.05) is 12.1 Å². The topological polar surface area (TPSA) is 90.9 Å². The van der Waals surface area contributed by atoms with Gasteiger partial charge in [-0.25, -0.2) is 9.97 Å². The summed E-state index contributed by atoms with van der Waals surface area (Å²) in [5.41, 5.74) is 0.822. The van der Waals surface area contributed by atoms with Crippen molar-refractivity contribution < 1.29 is 9.90 Å². The largest absolute Gasteiger partial charge is 0.481 e. The van der Waals surface area contributed by atoms with E-state index in [-0.39, 0.29) is 0 Å². The van der Waals surface area contributed by atoms with Gasteiger partial charge in [0.05, 0.1) is 10.9 Å². The van der Waals surface area contributed by atoms with E-state index in [0.29, 0.717) is 17.9 Å². The number of nitrogens with one attached hydrogen (secondary N) is 2. The monoisotopic (exact) mass is 274 g/mol. The van der Waals surface area contributed by atoms with E-state index in [9.17, 15) is 9.90 Å². The molecular weight excluding hydrogens is 256 g/mol. The number of aliphatic carboxylic acids is 1. The van der Waals surface area contributed by atoms with E-state index >= 15 is 0 Å². The van der Waals surface area contributed by atoms with Gasteiger partial charge in [-0.2, -0.15) is 0 Å². The Labute approximate surface area is 116 Å². The molecule has 0 unspecified atom stereocenters. The van der Waals surface area contributed by atoms with Gasteiger partial charge in [0.2, 0.25) is 0 Å². The predicted molar refractivity (Wildman–Crippen MR) is 75.7 cm³/mol. The summed E-state index contributed by atoms with van der Waals surface area (Å²) in [6.45, 7) is 0. The number of carboxylic acids is 1. The van der Waals surface area contributed by atoms with E-state index in [1.165, 1.54) is 0 Å². The highest BCUT2D eigenvalue weighted by atomic mass is 16.4. The van der Waals surface area contributed by atoms with Crippen LogP contribution in [0.1, 0.15) is 31.5 Å². The maximum absolute atomic E-state index is 11.6. The number of H-pyrrole nitrogens is 1. The van der Waals surface area contributed by atoms with Gasteiger partial charge >= 0.3 is 5.97 Å². The van der Waals surface area contributed by atoms with Gasteiger partial charge in [-0.05, 0) is 25.0 Å². The quantitative estimate of drug-likeness (QED) is 0.795. The van der Waals surface area contributed by atoms with E-state index in [0.717, 1.165) is 37.0 Å². The maximum atomic E-state index is 11.6. The second-order valence-electron chi connectivity index (χ2n) is 5.47. The Hall–Kier alpha value is -2.11. The highest BCUT2D eigenvalue weighted by Gasteiger charge is 2.42. The fourth-order valence-electron chi connectivity index (χ4n) is 3.00. The SMILES string of the molecule is CNc1ccc2[nH]c(CC3(C(=O)O)CCCC3)nc2n1. The van der Waals surface area contributed by atoms with Crippen molar-refractivity contribution in [3.05, 3.63) is 18.0 Å². The average molecular weight is 274 g/mol. The molecule has 3 N–H and O–H groups in total. The molecule has 0 atom stereocenters. The van der Waals surface area contributed by atoms with Crippen LogP contribution in [0.15, 0.2) is 12.1 Å². The molecule has 2 aromatic heterocycles. The summed E-state index contributed by atoms with van der Waals surface area (Å²) in [7, 11) is 1.81. The number of aromatic amines is 1. The number of rotatable bonds is 4. The number of hydrogen-bond donors (Lipinski definition) is 3. The van der Waals surface area contributed by atoms with Gasteiger partial charge in [0, 0.05) is 13.5 Å². The van der Waals surface area contributed by atoms with Crippen LogP contribution >= 0.6 is 0 Å². The first-order valence-corrected chi connectivity index (χ1v) is 6.90. The summed E-state index contributed by atoms with van der Waals surface area (Å²) >= 11 is 0. The van der Waals surface area contributed by atoms with Crippen molar-refractivity contribution in [3.63, 3.8) is 0 Å². The molecule has 6 heteroatoms. The van der Waals surface area contributed by atoms with Crippen LogP contribution in [-0.4, -0.2) is 33.1 Å². The highest BCUT2D eigenvalue weighted by Crippen LogP contribution is 2.40. The number of pyridine rings is 1. The normalized spacial score (nSPS) is 17.4. The number of anilines is 1. The Kier molecular flexibility index (Phi) is 3.08. The first-order valence-electron chi connectivity index (χ1n) is 6.90. The Balaban J connectivity index is 1.92. The van der Waals surface area contributed by atoms with Crippen LogP contribution < -0.4 is 5.32 Å². The van der Waals surface area contributed by atoms with Crippen molar-refractivity contribution in [1.29, 1.82) is 0 Å². The molecule has 6 nitrogen and oxygen atoms in total. The molecule has 0 saturated heterocycles. The second-order valence-corrected chi connectivity index (χ2v) is 5.47. The smallest absolute Gasteiger partial charge is 0.310 e. The molecule has 3 rings (SSSR count). The maximum Gasteiger partial charge on any atom is 0.310 e. The Bertz CT molecular complexity index is 644. The molecule has 0 spiro atoms. The van der Waals surface area contributed by atoms with Crippen molar-refractivity contribution in [2.45, 2.75) is 32.1 Å². The van der Waals surface area contributed by atoms with Crippen molar-refractivity contribution >= 4 is 23.0 Å². The molecular formula is C14H18N4O2. The molecule has 2 heterocycles. The number of aromatic nitrogens is 3. The summed E-state index contributed by atoms with van der Waals surface area (Å²) in [5, 5.41) is 12.5. The zero-order valence-corrected chi connectivity index (χ0v) is 11.4. The zero-order valence-electron chi connectivity index (χ0n) is 11.4. The Morgan fingerprint density at radius 2 is 2.15 bits per heavy atom. The number of hydrogen-bond acceptors (Lipinski definition) is 4. The molecule has 0 radical (unpaired) electrons. The van der Waals surface area contributed by atoms with Crippen molar-refractivity contribution in [1.82, 2.24) is 15.0 Å². The van der Waals surface area contributed by atoms with Crippen LogP contribution in [-0.2, 0) is 11.2 Å².